The first-order chi connectivity index (χ1) is 7.06. The quantitative estimate of drug-likeness (QED) is 0.708. The number of esters is 1. The van der Waals surface area contributed by atoms with Crippen LogP contribution >= 0.6 is 0 Å². The average Bonchev–Trinajstić information content (AvgIpc) is 2.40. The molecule has 0 saturated carbocycles. The van der Waals surface area contributed by atoms with Crippen LogP contribution in [0.5, 0.6) is 0 Å². The number of carbonyl (C=O) groups is 1. The van der Waals surface area contributed by atoms with Crippen LogP contribution in [0.25, 0.3) is 0 Å². The van der Waals surface area contributed by atoms with Gasteiger partial charge in [-0.2, -0.15) is 5.10 Å². The number of carbonyl (C=O) groups excluding carboxylic acids is 1. The first-order valence-electron chi connectivity index (χ1n) is 5.21. The van der Waals surface area contributed by atoms with E-state index >= 15 is 0 Å². The Hall–Kier alpha value is -1.32. The second-order valence-electron chi connectivity index (χ2n) is 3.58. The van der Waals surface area contributed by atoms with Crippen molar-refractivity contribution in [3.05, 3.63) is 17.0 Å². The van der Waals surface area contributed by atoms with Crippen LogP contribution in [0.4, 0.5) is 0 Å². The number of hydrogen-bond acceptors (Lipinski definition) is 3. The molecule has 0 unspecified atom stereocenters. The van der Waals surface area contributed by atoms with Crippen molar-refractivity contribution in [1.82, 2.24) is 9.78 Å². The summed E-state index contributed by atoms with van der Waals surface area (Å²) in [5.74, 6) is -0.139. The van der Waals surface area contributed by atoms with E-state index in [4.69, 9.17) is 4.74 Å². The second-order valence-corrected chi connectivity index (χ2v) is 3.58. The van der Waals surface area contributed by atoms with Crippen molar-refractivity contribution in [2.45, 2.75) is 33.6 Å². The van der Waals surface area contributed by atoms with E-state index < -0.39 is 0 Å². The highest BCUT2D eigenvalue weighted by molar-refractivity contribution is 5.69. The molecule has 0 atom stereocenters. The van der Waals surface area contributed by atoms with Gasteiger partial charge in [0.15, 0.2) is 0 Å². The fourth-order valence-electron chi connectivity index (χ4n) is 1.64. The van der Waals surface area contributed by atoms with Gasteiger partial charge in [-0.25, -0.2) is 0 Å². The van der Waals surface area contributed by atoms with E-state index in [1.165, 1.54) is 0 Å². The van der Waals surface area contributed by atoms with Crippen molar-refractivity contribution < 1.29 is 9.53 Å². The summed E-state index contributed by atoms with van der Waals surface area (Å²) in [6.45, 7) is 6.25. The zero-order valence-electron chi connectivity index (χ0n) is 9.83. The highest BCUT2D eigenvalue weighted by Gasteiger charge is 2.11. The van der Waals surface area contributed by atoms with Gasteiger partial charge in [-0.05, 0) is 32.8 Å². The maximum absolute atomic E-state index is 11.2. The van der Waals surface area contributed by atoms with E-state index in [9.17, 15) is 4.79 Å². The van der Waals surface area contributed by atoms with Gasteiger partial charge in [0.2, 0.25) is 0 Å². The van der Waals surface area contributed by atoms with Crippen molar-refractivity contribution in [2.75, 3.05) is 6.61 Å². The average molecular weight is 210 g/mol. The van der Waals surface area contributed by atoms with Gasteiger partial charge >= 0.3 is 5.97 Å². The number of rotatable bonds is 4. The molecule has 0 bridgehead atoms. The van der Waals surface area contributed by atoms with Crippen molar-refractivity contribution >= 4 is 5.97 Å². The number of hydrogen-bond donors (Lipinski definition) is 0. The highest BCUT2D eigenvalue weighted by Crippen LogP contribution is 2.14. The van der Waals surface area contributed by atoms with E-state index in [1.54, 1.807) is 0 Å². The summed E-state index contributed by atoms with van der Waals surface area (Å²) in [6, 6.07) is 0. The normalized spacial score (nSPS) is 10.4. The van der Waals surface area contributed by atoms with E-state index in [0.29, 0.717) is 19.4 Å². The molecular formula is C11H18N2O2. The first kappa shape index (κ1) is 11.8. The Kier molecular flexibility index (Phi) is 3.88. The molecule has 0 N–H and O–H groups in total. The van der Waals surface area contributed by atoms with Crippen LogP contribution in [0.2, 0.25) is 0 Å². The van der Waals surface area contributed by atoms with Crippen LogP contribution in [0, 0.1) is 13.8 Å². The van der Waals surface area contributed by atoms with Crippen molar-refractivity contribution in [2.24, 2.45) is 7.05 Å². The van der Waals surface area contributed by atoms with Gasteiger partial charge in [-0.3, -0.25) is 9.48 Å². The van der Waals surface area contributed by atoms with E-state index in [1.807, 2.05) is 32.5 Å². The molecule has 0 aliphatic heterocycles. The number of aryl methyl sites for hydroxylation is 2. The lowest BCUT2D eigenvalue weighted by Gasteiger charge is -2.02. The summed E-state index contributed by atoms with van der Waals surface area (Å²) >= 11 is 0. The minimum absolute atomic E-state index is 0.139. The molecule has 0 fully saturated rings. The van der Waals surface area contributed by atoms with Crippen LogP contribution in [0.15, 0.2) is 0 Å². The Morgan fingerprint density at radius 2 is 2.13 bits per heavy atom. The Morgan fingerprint density at radius 1 is 1.47 bits per heavy atom. The first-order valence-corrected chi connectivity index (χ1v) is 5.21. The van der Waals surface area contributed by atoms with Gasteiger partial charge in [0, 0.05) is 19.2 Å². The molecule has 0 aromatic carbocycles. The van der Waals surface area contributed by atoms with Gasteiger partial charge in [-0.1, -0.05) is 0 Å². The molecular weight excluding hydrogens is 192 g/mol. The molecule has 0 aliphatic rings. The summed E-state index contributed by atoms with van der Waals surface area (Å²) < 4.78 is 6.73. The minimum Gasteiger partial charge on any atom is -0.466 e. The Morgan fingerprint density at radius 3 is 2.60 bits per heavy atom. The zero-order valence-corrected chi connectivity index (χ0v) is 9.83. The minimum atomic E-state index is -0.139. The summed E-state index contributed by atoms with van der Waals surface area (Å²) in [7, 11) is 1.91. The molecule has 1 heterocycles. The van der Waals surface area contributed by atoms with Gasteiger partial charge in [0.05, 0.1) is 12.3 Å². The molecule has 15 heavy (non-hydrogen) atoms. The molecule has 1 rings (SSSR count). The monoisotopic (exact) mass is 210 g/mol. The van der Waals surface area contributed by atoms with Crippen LogP contribution in [-0.4, -0.2) is 22.4 Å². The molecule has 1 aromatic heterocycles. The third-order valence-electron chi connectivity index (χ3n) is 2.54. The van der Waals surface area contributed by atoms with E-state index in [0.717, 1.165) is 17.0 Å². The topological polar surface area (TPSA) is 44.1 Å². The molecule has 0 spiro atoms. The summed E-state index contributed by atoms with van der Waals surface area (Å²) in [5, 5.41) is 4.30. The van der Waals surface area contributed by atoms with Gasteiger partial charge in [-0.15, -0.1) is 0 Å². The van der Waals surface area contributed by atoms with Crippen molar-refractivity contribution in [1.29, 1.82) is 0 Å². The maximum atomic E-state index is 11.2. The van der Waals surface area contributed by atoms with Crippen molar-refractivity contribution in [3.63, 3.8) is 0 Å². The number of nitrogens with zero attached hydrogens (tertiary/aromatic N) is 2. The third kappa shape index (κ3) is 2.81. The largest absolute Gasteiger partial charge is 0.466 e. The molecule has 0 amide bonds. The fraction of sp³-hybridized carbons (Fsp3) is 0.636. The molecule has 0 aliphatic carbocycles. The summed E-state index contributed by atoms with van der Waals surface area (Å²) in [4.78, 5) is 11.2. The lowest BCUT2D eigenvalue weighted by molar-refractivity contribution is -0.143. The Labute approximate surface area is 90.2 Å². The number of ether oxygens (including phenoxy) is 1. The van der Waals surface area contributed by atoms with E-state index in [2.05, 4.69) is 5.10 Å². The lowest BCUT2D eigenvalue weighted by atomic mass is 10.1. The van der Waals surface area contributed by atoms with E-state index in [-0.39, 0.29) is 5.97 Å². The maximum Gasteiger partial charge on any atom is 0.306 e. The standard InChI is InChI=1S/C11H18N2O2/c1-5-15-11(14)7-6-10-8(2)12-13(4)9(10)3/h5-7H2,1-4H3. The third-order valence-corrected chi connectivity index (χ3v) is 2.54. The molecule has 4 heteroatoms. The Balaban J connectivity index is 2.61. The SMILES string of the molecule is CCOC(=O)CCc1c(C)nn(C)c1C. The lowest BCUT2D eigenvalue weighted by Crippen LogP contribution is -2.06. The zero-order chi connectivity index (χ0) is 11.4. The van der Waals surface area contributed by atoms with Crippen LogP contribution in [0.1, 0.15) is 30.3 Å². The summed E-state index contributed by atoms with van der Waals surface area (Å²) in [5.41, 5.74) is 3.28. The molecule has 84 valence electrons. The van der Waals surface area contributed by atoms with Crippen LogP contribution in [-0.2, 0) is 23.0 Å². The van der Waals surface area contributed by atoms with Gasteiger partial charge < -0.3 is 4.74 Å². The molecule has 4 nitrogen and oxygen atoms in total. The Bertz CT molecular complexity index is 356. The summed E-state index contributed by atoms with van der Waals surface area (Å²) in [6.07, 6.45) is 1.14. The second kappa shape index (κ2) is 4.96. The molecule has 1 aromatic rings. The van der Waals surface area contributed by atoms with Gasteiger partial charge in [0.25, 0.3) is 0 Å². The molecule has 0 saturated heterocycles. The van der Waals surface area contributed by atoms with Crippen LogP contribution in [0.3, 0.4) is 0 Å². The van der Waals surface area contributed by atoms with Crippen LogP contribution < -0.4 is 0 Å². The smallest absolute Gasteiger partial charge is 0.306 e. The number of aromatic nitrogens is 2. The predicted molar refractivity (Wildman–Crippen MR) is 57.6 cm³/mol. The predicted octanol–water partition coefficient (Wildman–Crippen LogP) is 1.53. The molecule has 0 radical (unpaired) electrons. The fourth-order valence-corrected chi connectivity index (χ4v) is 1.64. The van der Waals surface area contributed by atoms with Crippen molar-refractivity contribution in [3.8, 4) is 0 Å². The van der Waals surface area contributed by atoms with Gasteiger partial charge in [0.1, 0.15) is 0 Å². The highest BCUT2D eigenvalue weighted by atomic mass is 16.5.